The molecular formula is C8H12BrN3. The van der Waals surface area contributed by atoms with E-state index in [4.69, 9.17) is 0 Å². The van der Waals surface area contributed by atoms with E-state index in [0.717, 1.165) is 22.8 Å². The van der Waals surface area contributed by atoms with Gasteiger partial charge in [0.1, 0.15) is 0 Å². The number of H-pyrrole nitrogens is 1. The highest BCUT2D eigenvalue weighted by Gasteiger charge is 2.16. The highest BCUT2D eigenvalue weighted by molar-refractivity contribution is 9.10. The zero-order valence-corrected chi connectivity index (χ0v) is 8.39. The van der Waals surface area contributed by atoms with Crippen molar-refractivity contribution in [2.45, 2.75) is 31.8 Å². The van der Waals surface area contributed by atoms with Gasteiger partial charge in [-0.15, -0.1) is 0 Å². The minimum atomic E-state index is 0.736. The zero-order chi connectivity index (χ0) is 8.39. The zero-order valence-electron chi connectivity index (χ0n) is 6.81. The van der Waals surface area contributed by atoms with Crippen molar-refractivity contribution in [3.8, 4) is 0 Å². The smallest absolute Gasteiger partial charge is 0.0633 e. The fraction of sp³-hybridized carbons (Fsp3) is 0.625. The average Bonchev–Trinajstić information content (AvgIpc) is 2.33. The molecule has 1 saturated carbocycles. The van der Waals surface area contributed by atoms with Gasteiger partial charge in [-0.05, 0) is 28.8 Å². The van der Waals surface area contributed by atoms with Crippen LogP contribution in [0.4, 0.5) is 0 Å². The summed E-state index contributed by atoms with van der Waals surface area (Å²) < 4.78 is 1.06. The molecule has 12 heavy (non-hydrogen) atoms. The van der Waals surface area contributed by atoms with Gasteiger partial charge in [0.15, 0.2) is 0 Å². The third-order valence-corrected chi connectivity index (χ3v) is 3.02. The molecule has 1 fully saturated rings. The van der Waals surface area contributed by atoms with Gasteiger partial charge in [0.25, 0.3) is 0 Å². The van der Waals surface area contributed by atoms with E-state index in [9.17, 15) is 0 Å². The van der Waals surface area contributed by atoms with Crippen molar-refractivity contribution in [2.24, 2.45) is 0 Å². The summed E-state index contributed by atoms with van der Waals surface area (Å²) in [6.07, 6.45) is 5.82. The second kappa shape index (κ2) is 3.58. The molecule has 0 spiro atoms. The molecule has 0 bridgehead atoms. The lowest BCUT2D eigenvalue weighted by molar-refractivity contribution is 0.336. The quantitative estimate of drug-likeness (QED) is 0.831. The summed E-state index contributed by atoms with van der Waals surface area (Å²) in [5.74, 6) is 0. The predicted molar refractivity (Wildman–Crippen MR) is 50.8 cm³/mol. The van der Waals surface area contributed by atoms with Crippen molar-refractivity contribution >= 4 is 15.9 Å². The van der Waals surface area contributed by atoms with Crippen LogP contribution in [0.5, 0.6) is 0 Å². The monoisotopic (exact) mass is 229 g/mol. The Morgan fingerprint density at radius 2 is 2.50 bits per heavy atom. The van der Waals surface area contributed by atoms with Crippen molar-refractivity contribution in [3.05, 3.63) is 16.4 Å². The summed E-state index contributed by atoms with van der Waals surface area (Å²) in [5.41, 5.74) is 1.14. The van der Waals surface area contributed by atoms with Gasteiger partial charge < -0.3 is 5.32 Å². The van der Waals surface area contributed by atoms with Crippen molar-refractivity contribution in [3.63, 3.8) is 0 Å². The molecule has 2 N–H and O–H groups in total. The van der Waals surface area contributed by atoms with Crippen LogP contribution in [0.15, 0.2) is 10.7 Å². The van der Waals surface area contributed by atoms with Crippen LogP contribution in [0, 0.1) is 0 Å². The maximum absolute atomic E-state index is 3.93. The van der Waals surface area contributed by atoms with Crippen LogP contribution in [0.2, 0.25) is 0 Å². The average molecular weight is 230 g/mol. The fourth-order valence-corrected chi connectivity index (χ4v) is 1.61. The Morgan fingerprint density at radius 3 is 3.00 bits per heavy atom. The number of hydrogen-bond donors (Lipinski definition) is 2. The molecule has 4 heteroatoms. The number of halogens is 1. The third kappa shape index (κ3) is 1.69. The summed E-state index contributed by atoms with van der Waals surface area (Å²) >= 11 is 3.42. The van der Waals surface area contributed by atoms with E-state index in [-0.39, 0.29) is 0 Å². The molecule has 1 aromatic heterocycles. The van der Waals surface area contributed by atoms with E-state index in [1.165, 1.54) is 19.3 Å². The van der Waals surface area contributed by atoms with Gasteiger partial charge >= 0.3 is 0 Å². The first-order valence-electron chi connectivity index (χ1n) is 4.27. The Balaban J connectivity index is 1.82. The normalized spacial score (nSPS) is 17.8. The summed E-state index contributed by atoms with van der Waals surface area (Å²) in [6, 6.07) is 0.736. The molecule has 66 valence electrons. The second-order valence-electron chi connectivity index (χ2n) is 3.21. The molecular weight excluding hydrogens is 218 g/mol. The molecule has 1 aliphatic carbocycles. The van der Waals surface area contributed by atoms with Crippen LogP contribution in [0.3, 0.4) is 0 Å². The minimum absolute atomic E-state index is 0.736. The van der Waals surface area contributed by atoms with E-state index in [2.05, 4.69) is 31.4 Å². The van der Waals surface area contributed by atoms with Gasteiger partial charge in [0.2, 0.25) is 0 Å². The highest BCUT2D eigenvalue weighted by Crippen LogP contribution is 2.19. The number of rotatable bonds is 3. The van der Waals surface area contributed by atoms with Crippen LogP contribution in [-0.2, 0) is 6.54 Å². The topological polar surface area (TPSA) is 40.7 Å². The molecule has 0 saturated heterocycles. The summed E-state index contributed by atoms with van der Waals surface area (Å²) in [4.78, 5) is 0. The molecule has 0 radical (unpaired) electrons. The number of aromatic amines is 1. The Labute approximate surface area is 80.1 Å². The molecule has 1 aliphatic rings. The lowest BCUT2D eigenvalue weighted by Gasteiger charge is -2.26. The molecule has 1 aromatic rings. The van der Waals surface area contributed by atoms with Crippen LogP contribution < -0.4 is 5.32 Å². The van der Waals surface area contributed by atoms with Gasteiger partial charge in [0, 0.05) is 12.6 Å². The standard InChI is InChI=1S/C8H12BrN3/c9-7-4-11-12-8(7)5-10-6-2-1-3-6/h4,6,10H,1-3,5H2,(H,11,12). The second-order valence-corrected chi connectivity index (χ2v) is 4.06. The first-order chi connectivity index (χ1) is 5.86. The lowest BCUT2D eigenvalue weighted by Crippen LogP contribution is -2.34. The first kappa shape index (κ1) is 8.26. The number of nitrogens with one attached hydrogen (secondary N) is 2. The van der Waals surface area contributed by atoms with Gasteiger partial charge in [0.05, 0.1) is 16.4 Å². The molecule has 0 atom stereocenters. The van der Waals surface area contributed by atoms with Gasteiger partial charge in [-0.2, -0.15) is 5.10 Å². The van der Waals surface area contributed by atoms with Crippen LogP contribution >= 0.6 is 15.9 Å². The summed E-state index contributed by atoms with van der Waals surface area (Å²) in [7, 11) is 0. The summed E-state index contributed by atoms with van der Waals surface area (Å²) in [5, 5.41) is 10.3. The van der Waals surface area contributed by atoms with Crippen molar-refractivity contribution < 1.29 is 0 Å². The SMILES string of the molecule is Brc1cn[nH]c1CNC1CCC1. The lowest BCUT2D eigenvalue weighted by atomic mass is 9.93. The highest BCUT2D eigenvalue weighted by atomic mass is 79.9. The molecule has 0 unspecified atom stereocenters. The molecule has 1 heterocycles. The van der Waals surface area contributed by atoms with Crippen molar-refractivity contribution in [1.82, 2.24) is 15.5 Å². The Morgan fingerprint density at radius 1 is 1.67 bits per heavy atom. The van der Waals surface area contributed by atoms with Gasteiger partial charge in [-0.3, -0.25) is 5.10 Å². The third-order valence-electron chi connectivity index (χ3n) is 2.34. The van der Waals surface area contributed by atoms with E-state index < -0.39 is 0 Å². The van der Waals surface area contributed by atoms with Crippen LogP contribution in [-0.4, -0.2) is 16.2 Å². The summed E-state index contributed by atoms with van der Waals surface area (Å²) in [6.45, 7) is 0.894. The molecule has 3 nitrogen and oxygen atoms in total. The molecule has 2 rings (SSSR count). The fourth-order valence-electron chi connectivity index (χ4n) is 1.28. The predicted octanol–water partition coefficient (Wildman–Crippen LogP) is 1.81. The molecule has 0 aromatic carbocycles. The van der Waals surface area contributed by atoms with Crippen molar-refractivity contribution in [1.29, 1.82) is 0 Å². The van der Waals surface area contributed by atoms with Gasteiger partial charge in [-0.1, -0.05) is 6.42 Å². The van der Waals surface area contributed by atoms with E-state index in [1.807, 2.05) is 0 Å². The van der Waals surface area contributed by atoms with Crippen LogP contribution in [0.25, 0.3) is 0 Å². The molecule has 0 aliphatic heterocycles. The Bertz CT molecular complexity index is 255. The first-order valence-corrected chi connectivity index (χ1v) is 5.06. The maximum Gasteiger partial charge on any atom is 0.0633 e. The van der Waals surface area contributed by atoms with Crippen LogP contribution in [0.1, 0.15) is 25.0 Å². The minimum Gasteiger partial charge on any atom is -0.308 e. The van der Waals surface area contributed by atoms with Crippen molar-refractivity contribution in [2.75, 3.05) is 0 Å². The number of hydrogen-bond acceptors (Lipinski definition) is 2. The number of nitrogens with zero attached hydrogens (tertiary/aromatic N) is 1. The van der Waals surface area contributed by atoms with Gasteiger partial charge in [-0.25, -0.2) is 0 Å². The Hall–Kier alpha value is -0.350. The van der Waals surface area contributed by atoms with E-state index >= 15 is 0 Å². The maximum atomic E-state index is 3.93. The van der Waals surface area contributed by atoms with E-state index in [1.54, 1.807) is 6.20 Å². The number of aromatic nitrogens is 2. The van der Waals surface area contributed by atoms with E-state index in [0.29, 0.717) is 0 Å². The largest absolute Gasteiger partial charge is 0.308 e. The Kier molecular flexibility index (Phi) is 2.46. The molecule has 0 amide bonds.